The number of aliphatic hydroxyl groups excluding tert-OH is 1. The van der Waals surface area contributed by atoms with Crippen LogP contribution in [0.25, 0.3) is 0 Å². The molecule has 2 rings (SSSR count). The molecule has 0 radical (unpaired) electrons. The van der Waals surface area contributed by atoms with Gasteiger partial charge >= 0.3 is 0 Å². The number of carbonyl (C=O) groups is 1. The highest BCUT2D eigenvalue weighted by molar-refractivity contribution is 6.05. The van der Waals surface area contributed by atoms with Crippen molar-refractivity contribution >= 4 is 11.7 Å². The molecule has 0 saturated carbocycles. The number of hydrogen-bond donors (Lipinski definition) is 3. The van der Waals surface area contributed by atoms with E-state index in [1.165, 1.54) is 18.5 Å². The summed E-state index contributed by atoms with van der Waals surface area (Å²) >= 11 is 0. The van der Waals surface area contributed by atoms with Crippen molar-refractivity contribution in [2.24, 2.45) is 0 Å². The summed E-state index contributed by atoms with van der Waals surface area (Å²) < 4.78 is 0. The SMILES string of the molecule is O=C(Nc1cccc(C#CCCO)n1)c1ccncc1O. The number of nitrogens with zero attached hydrogens (tertiary/aromatic N) is 2. The Bertz CT molecular complexity index is 705. The van der Waals surface area contributed by atoms with Crippen LogP contribution in [0.2, 0.25) is 0 Å². The molecule has 0 saturated heterocycles. The van der Waals surface area contributed by atoms with E-state index in [0.717, 1.165) is 0 Å². The van der Waals surface area contributed by atoms with Gasteiger partial charge in [0.2, 0.25) is 0 Å². The van der Waals surface area contributed by atoms with Gasteiger partial charge in [-0.15, -0.1) is 0 Å². The first kappa shape index (κ1) is 14.5. The molecule has 0 bridgehead atoms. The quantitative estimate of drug-likeness (QED) is 0.735. The Morgan fingerprint density at radius 2 is 2.19 bits per heavy atom. The average molecular weight is 283 g/mol. The molecule has 0 spiro atoms. The van der Waals surface area contributed by atoms with Gasteiger partial charge in [0.05, 0.1) is 18.4 Å². The van der Waals surface area contributed by atoms with Crippen molar-refractivity contribution in [2.75, 3.05) is 11.9 Å². The van der Waals surface area contributed by atoms with Gasteiger partial charge in [-0.3, -0.25) is 9.78 Å². The van der Waals surface area contributed by atoms with E-state index in [-0.39, 0.29) is 17.9 Å². The molecule has 0 aromatic carbocycles. The van der Waals surface area contributed by atoms with E-state index in [2.05, 4.69) is 27.1 Å². The molecule has 0 aliphatic rings. The summed E-state index contributed by atoms with van der Waals surface area (Å²) in [5, 5.41) is 20.8. The molecule has 0 atom stereocenters. The van der Waals surface area contributed by atoms with Crippen molar-refractivity contribution in [1.82, 2.24) is 9.97 Å². The summed E-state index contributed by atoms with van der Waals surface area (Å²) in [5.74, 6) is 5.17. The molecule has 2 heterocycles. The Balaban J connectivity index is 2.14. The second-order valence-electron chi connectivity index (χ2n) is 4.03. The number of carbonyl (C=O) groups excluding carboxylic acids is 1. The van der Waals surface area contributed by atoms with Crippen LogP contribution in [0, 0.1) is 11.8 Å². The summed E-state index contributed by atoms with van der Waals surface area (Å²) in [6, 6.07) is 6.44. The number of aromatic hydroxyl groups is 1. The molecule has 0 aliphatic carbocycles. The van der Waals surface area contributed by atoms with Gasteiger partial charge in [0.25, 0.3) is 5.91 Å². The summed E-state index contributed by atoms with van der Waals surface area (Å²) in [6.45, 7) is -0.00918. The van der Waals surface area contributed by atoms with Crippen molar-refractivity contribution in [3.05, 3.63) is 47.9 Å². The minimum Gasteiger partial charge on any atom is -0.505 e. The monoisotopic (exact) mass is 283 g/mol. The number of anilines is 1. The summed E-state index contributed by atoms with van der Waals surface area (Å²) in [5.41, 5.74) is 0.601. The molecular formula is C15H13N3O3. The van der Waals surface area contributed by atoms with Crippen LogP contribution in [0.5, 0.6) is 5.75 Å². The largest absolute Gasteiger partial charge is 0.505 e. The fourth-order valence-electron chi connectivity index (χ4n) is 1.54. The van der Waals surface area contributed by atoms with Crippen molar-refractivity contribution in [3.8, 4) is 17.6 Å². The molecule has 1 amide bonds. The Labute approximate surface area is 121 Å². The number of rotatable bonds is 3. The normalized spacial score (nSPS) is 9.57. The van der Waals surface area contributed by atoms with E-state index in [1.54, 1.807) is 18.2 Å². The van der Waals surface area contributed by atoms with Gasteiger partial charge < -0.3 is 15.5 Å². The smallest absolute Gasteiger partial charge is 0.260 e. The third kappa shape index (κ3) is 4.03. The van der Waals surface area contributed by atoms with E-state index < -0.39 is 5.91 Å². The zero-order valence-electron chi connectivity index (χ0n) is 11.1. The lowest BCUT2D eigenvalue weighted by Gasteiger charge is -2.05. The number of nitrogens with one attached hydrogen (secondary N) is 1. The molecule has 3 N–H and O–H groups in total. The number of hydrogen-bond acceptors (Lipinski definition) is 5. The van der Waals surface area contributed by atoms with Gasteiger partial charge in [0.15, 0.2) is 0 Å². The first-order valence-corrected chi connectivity index (χ1v) is 6.22. The number of amides is 1. The molecule has 0 fully saturated rings. The molecule has 0 unspecified atom stereocenters. The maximum Gasteiger partial charge on any atom is 0.260 e. The molecule has 106 valence electrons. The van der Waals surface area contributed by atoms with Gasteiger partial charge in [-0.1, -0.05) is 12.0 Å². The van der Waals surface area contributed by atoms with Gasteiger partial charge in [-0.2, -0.15) is 0 Å². The van der Waals surface area contributed by atoms with Crippen LogP contribution in [0.4, 0.5) is 5.82 Å². The third-order valence-corrected chi connectivity index (χ3v) is 2.49. The number of aliphatic hydroxyl groups is 1. The Hall–Kier alpha value is -2.91. The minimum absolute atomic E-state index is 0.00918. The van der Waals surface area contributed by atoms with E-state index in [4.69, 9.17) is 5.11 Å². The Morgan fingerprint density at radius 3 is 2.95 bits per heavy atom. The molecule has 2 aromatic heterocycles. The van der Waals surface area contributed by atoms with Crippen molar-refractivity contribution < 1.29 is 15.0 Å². The highest BCUT2D eigenvalue weighted by Crippen LogP contribution is 2.15. The van der Waals surface area contributed by atoms with Gasteiger partial charge in [-0.05, 0) is 24.1 Å². The summed E-state index contributed by atoms with van der Waals surface area (Å²) in [6.07, 6.45) is 2.97. The summed E-state index contributed by atoms with van der Waals surface area (Å²) in [4.78, 5) is 19.9. The zero-order chi connectivity index (χ0) is 15.1. The van der Waals surface area contributed by atoms with Gasteiger partial charge in [0.1, 0.15) is 17.3 Å². The first-order valence-electron chi connectivity index (χ1n) is 6.22. The Kier molecular flexibility index (Phi) is 4.85. The summed E-state index contributed by atoms with van der Waals surface area (Å²) in [7, 11) is 0. The van der Waals surface area contributed by atoms with Crippen LogP contribution >= 0.6 is 0 Å². The fraction of sp³-hybridized carbons (Fsp3) is 0.133. The highest BCUT2D eigenvalue weighted by atomic mass is 16.3. The van der Waals surface area contributed by atoms with E-state index in [9.17, 15) is 9.90 Å². The second-order valence-corrected chi connectivity index (χ2v) is 4.03. The fourth-order valence-corrected chi connectivity index (χ4v) is 1.54. The predicted octanol–water partition coefficient (Wildman–Crippen LogP) is 1.17. The van der Waals surface area contributed by atoms with E-state index >= 15 is 0 Å². The van der Waals surface area contributed by atoms with Crippen LogP contribution in [-0.4, -0.2) is 32.7 Å². The van der Waals surface area contributed by atoms with E-state index in [1.807, 2.05) is 0 Å². The standard InChI is InChI=1S/C15H13N3O3/c19-9-2-1-4-11-5-3-6-14(17-11)18-15(21)12-7-8-16-10-13(12)20/h3,5-8,10,19-20H,2,9H2,(H,17,18,21). The lowest BCUT2D eigenvalue weighted by atomic mass is 10.2. The highest BCUT2D eigenvalue weighted by Gasteiger charge is 2.11. The number of pyridine rings is 2. The lowest BCUT2D eigenvalue weighted by Crippen LogP contribution is -2.13. The maximum atomic E-state index is 12.0. The van der Waals surface area contributed by atoms with Crippen molar-refractivity contribution in [2.45, 2.75) is 6.42 Å². The van der Waals surface area contributed by atoms with Crippen LogP contribution in [0.3, 0.4) is 0 Å². The van der Waals surface area contributed by atoms with Crippen molar-refractivity contribution in [3.63, 3.8) is 0 Å². The van der Waals surface area contributed by atoms with E-state index in [0.29, 0.717) is 17.9 Å². The van der Waals surface area contributed by atoms with Crippen LogP contribution in [0.15, 0.2) is 36.7 Å². The molecule has 0 aliphatic heterocycles. The average Bonchev–Trinajstić information content (AvgIpc) is 2.48. The number of aromatic nitrogens is 2. The predicted molar refractivity (Wildman–Crippen MR) is 76.7 cm³/mol. The molecule has 21 heavy (non-hydrogen) atoms. The molecular weight excluding hydrogens is 270 g/mol. The first-order chi connectivity index (χ1) is 10.2. The zero-order valence-corrected chi connectivity index (χ0v) is 11.1. The van der Waals surface area contributed by atoms with Crippen LogP contribution in [0.1, 0.15) is 22.5 Å². The topological polar surface area (TPSA) is 95.3 Å². The molecule has 2 aromatic rings. The molecule has 6 heteroatoms. The van der Waals surface area contributed by atoms with Crippen LogP contribution in [-0.2, 0) is 0 Å². The third-order valence-electron chi connectivity index (χ3n) is 2.49. The minimum atomic E-state index is -0.483. The van der Waals surface area contributed by atoms with Gasteiger partial charge in [-0.25, -0.2) is 4.98 Å². The van der Waals surface area contributed by atoms with Gasteiger partial charge in [0, 0.05) is 12.6 Å². The van der Waals surface area contributed by atoms with Crippen LogP contribution < -0.4 is 5.32 Å². The van der Waals surface area contributed by atoms with Crippen molar-refractivity contribution in [1.29, 1.82) is 0 Å². The molecule has 6 nitrogen and oxygen atoms in total. The lowest BCUT2D eigenvalue weighted by molar-refractivity contribution is 0.102. The maximum absolute atomic E-state index is 12.0. The Morgan fingerprint density at radius 1 is 1.33 bits per heavy atom. The second kappa shape index (κ2) is 7.03.